The van der Waals surface area contributed by atoms with Crippen molar-refractivity contribution in [1.82, 2.24) is 0 Å². The van der Waals surface area contributed by atoms with Crippen LogP contribution < -0.4 is 10.5 Å². The van der Waals surface area contributed by atoms with E-state index in [0.717, 1.165) is 16.9 Å². The van der Waals surface area contributed by atoms with E-state index in [1.54, 1.807) is 12.1 Å². The minimum absolute atomic E-state index is 0.266. The van der Waals surface area contributed by atoms with E-state index < -0.39 is 5.54 Å². The van der Waals surface area contributed by atoms with E-state index in [4.69, 9.17) is 10.5 Å². The van der Waals surface area contributed by atoms with Gasteiger partial charge in [-0.2, -0.15) is 0 Å². The first kappa shape index (κ1) is 13.6. The molecule has 0 aliphatic rings. The number of halogens is 1. The molecular weight excluding hydrogens is 241 g/mol. The summed E-state index contributed by atoms with van der Waals surface area (Å²) in [6.45, 7) is 4.41. The molecule has 0 aliphatic heterocycles. The predicted octanol–water partition coefficient (Wildman–Crippen LogP) is 3.45. The average Bonchev–Trinajstić information content (AvgIpc) is 2.40. The van der Waals surface area contributed by atoms with Gasteiger partial charge in [-0.1, -0.05) is 30.3 Å². The number of rotatable bonds is 4. The second-order valence-corrected chi connectivity index (χ2v) is 4.64. The van der Waals surface area contributed by atoms with E-state index in [9.17, 15) is 4.39 Å². The van der Waals surface area contributed by atoms with E-state index in [2.05, 4.69) is 0 Å². The molecule has 0 aromatic heterocycles. The fraction of sp³-hybridized carbons (Fsp3) is 0.250. The van der Waals surface area contributed by atoms with Crippen LogP contribution in [0.2, 0.25) is 0 Å². The van der Waals surface area contributed by atoms with Gasteiger partial charge in [-0.05, 0) is 37.6 Å². The van der Waals surface area contributed by atoms with E-state index >= 15 is 0 Å². The Balaban J connectivity index is 2.46. The van der Waals surface area contributed by atoms with Gasteiger partial charge in [0, 0.05) is 5.56 Å². The Labute approximate surface area is 113 Å². The van der Waals surface area contributed by atoms with Crippen molar-refractivity contribution in [3.8, 4) is 5.75 Å². The molecule has 2 rings (SSSR count). The number of ether oxygens (including phenoxy) is 1. The van der Waals surface area contributed by atoms with Crippen LogP contribution in [0.3, 0.4) is 0 Å². The Morgan fingerprint density at radius 3 is 2.37 bits per heavy atom. The highest BCUT2D eigenvalue weighted by molar-refractivity contribution is 5.45. The van der Waals surface area contributed by atoms with E-state index in [1.807, 2.05) is 38.1 Å². The molecule has 2 aromatic rings. The normalized spacial score (nSPS) is 13.9. The van der Waals surface area contributed by atoms with Crippen molar-refractivity contribution in [3.63, 3.8) is 0 Å². The molecule has 0 fully saturated rings. The highest BCUT2D eigenvalue weighted by Gasteiger charge is 2.27. The highest BCUT2D eigenvalue weighted by Crippen LogP contribution is 2.33. The van der Waals surface area contributed by atoms with Crippen molar-refractivity contribution in [3.05, 3.63) is 65.5 Å². The molecule has 2 aromatic carbocycles. The molecule has 0 heterocycles. The van der Waals surface area contributed by atoms with Crippen LogP contribution in [0.4, 0.5) is 4.39 Å². The largest absolute Gasteiger partial charge is 0.494 e. The Morgan fingerprint density at radius 1 is 1.11 bits per heavy atom. The number of benzene rings is 2. The van der Waals surface area contributed by atoms with Gasteiger partial charge in [0.05, 0.1) is 12.1 Å². The molecule has 0 amide bonds. The van der Waals surface area contributed by atoms with Crippen molar-refractivity contribution < 1.29 is 9.13 Å². The van der Waals surface area contributed by atoms with E-state index in [1.165, 1.54) is 12.1 Å². The van der Waals surface area contributed by atoms with Crippen LogP contribution in [0.5, 0.6) is 5.75 Å². The predicted molar refractivity (Wildman–Crippen MR) is 74.7 cm³/mol. The van der Waals surface area contributed by atoms with Gasteiger partial charge in [0.15, 0.2) is 0 Å². The van der Waals surface area contributed by atoms with Crippen LogP contribution in [-0.4, -0.2) is 6.61 Å². The van der Waals surface area contributed by atoms with Gasteiger partial charge < -0.3 is 10.5 Å². The molecule has 3 heteroatoms. The molecule has 100 valence electrons. The Hall–Kier alpha value is -1.87. The summed E-state index contributed by atoms with van der Waals surface area (Å²) in [5, 5.41) is 0. The second kappa shape index (κ2) is 5.41. The van der Waals surface area contributed by atoms with Crippen molar-refractivity contribution in [2.24, 2.45) is 5.73 Å². The zero-order valence-corrected chi connectivity index (χ0v) is 11.2. The van der Waals surface area contributed by atoms with Gasteiger partial charge in [0.25, 0.3) is 0 Å². The van der Waals surface area contributed by atoms with Gasteiger partial charge in [-0.3, -0.25) is 0 Å². The van der Waals surface area contributed by atoms with Gasteiger partial charge in [0.1, 0.15) is 11.6 Å². The molecule has 0 bridgehead atoms. The molecule has 1 atom stereocenters. The molecule has 1 unspecified atom stereocenters. The van der Waals surface area contributed by atoms with Gasteiger partial charge in [0.2, 0.25) is 0 Å². The number of hydrogen-bond donors (Lipinski definition) is 1. The molecule has 0 spiro atoms. The minimum atomic E-state index is -0.723. The molecular formula is C16H18FNO. The maximum absolute atomic E-state index is 13.0. The van der Waals surface area contributed by atoms with Crippen molar-refractivity contribution in [2.45, 2.75) is 19.4 Å². The third-order valence-corrected chi connectivity index (χ3v) is 3.19. The summed E-state index contributed by atoms with van der Waals surface area (Å²) >= 11 is 0. The monoisotopic (exact) mass is 259 g/mol. The summed E-state index contributed by atoms with van der Waals surface area (Å²) in [5.41, 5.74) is 7.46. The van der Waals surface area contributed by atoms with E-state index in [-0.39, 0.29) is 5.82 Å². The lowest BCUT2D eigenvalue weighted by molar-refractivity contribution is 0.330. The summed E-state index contributed by atoms with van der Waals surface area (Å²) in [6, 6.07) is 13.9. The van der Waals surface area contributed by atoms with Crippen LogP contribution in [0.15, 0.2) is 48.5 Å². The summed E-state index contributed by atoms with van der Waals surface area (Å²) in [4.78, 5) is 0. The number of hydrogen-bond acceptors (Lipinski definition) is 2. The van der Waals surface area contributed by atoms with Crippen LogP contribution >= 0.6 is 0 Å². The van der Waals surface area contributed by atoms with Gasteiger partial charge >= 0.3 is 0 Å². The zero-order valence-electron chi connectivity index (χ0n) is 11.2. The Kier molecular flexibility index (Phi) is 3.86. The quantitative estimate of drug-likeness (QED) is 0.912. The van der Waals surface area contributed by atoms with Gasteiger partial charge in [-0.25, -0.2) is 4.39 Å². The van der Waals surface area contributed by atoms with Crippen molar-refractivity contribution >= 4 is 0 Å². The fourth-order valence-electron chi connectivity index (χ4n) is 2.13. The maximum atomic E-state index is 13.0. The SMILES string of the molecule is CCOc1ccccc1C(C)(N)c1ccc(F)cc1. The van der Waals surface area contributed by atoms with Crippen LogP contribution in [0.1, 0.15) is 25.0 Å². The summed E-state index contributed by atoms with van der Waals surface area (Å²) in [6.07, 6.45) is 0. The highest BCUT2D eigenvalue weighted by atomic mass is 19.1. The Bertz CT molecular complexity index is 549. The van der Waals surface area contributed by atoms with Gasteiger partial charge in [-0.15, -0.1) is 0 Å². The lowest BCUT2D eigenvalue weighted by Gasteiger charge is -2.28. The first-order valence-electron chi connectivity index (χ1n) is 6.33. The molecule has 0 aliphatic carbocycles. The zero-order chi connectivity index (χ0) is 13.9. The van der Waals surface area contributed by atoms with Crippen LogP contribution in [-0.2, 0) is 5.54 Å². The Morgan fingerprint density at radius 2 is 1.74 bits per heavy atom. The standard InChI is InChI=1S/C16H18FNO/c1-3-19-15-7-5-4-6-14(15)16(2,18)12-8-10-13(17)11-9-12/h4-11H,3,18H2,1-2H3. The van der Waals surface area contributed by atoms with E-state index in [0.29, 0.717) is 6.61 Å². The topological polar surface area (TPSA) is 35.2 Å². The molecule has 2 nitrogen and oxygen atoms in total. The molecule has 19 heavy (non-hydrogen) atoms. The number of para-hydroxylation sites is 1. The van der Waals surface area contributed by atoms with Crippen molar-refractivity contribution in [1.29, 1.82) is 0 Å². The summed E-state index contributed by atoms with van der Waals surface area (Å²) in [5.74, 6) is 0.497. The smallest absolute Gasteiger partial charge is 0.124 e. The maximum Gasteiger partial charge on any atom is 0.124 e. The number of nitrogens with two attached hydrogens (primary N) is 1. The van der Waals surface area contributed by atoms with Crippen molar-refractivity contribution in [2.75, 3.05) is 6.61 Å². The molecule has 0 radical (unpaired) electrons. The summed E-state index contributed by atoms with van der Waals surface area (Å²) in [7, 11) is 0. The minimum Gasteiger partial charge on any atom is -0.494 e. The van der Waals surface area contributed by atoms with Crippen LogP contribution in [0.25, 0.3) is 0 Å². The third-order valence-electron chi connectivity index (χ3n) is 3.19. The first-order valence-corrected chi connectivity index (χ1v) is 6.33. The summed E-state index contributed by atoms with van der Waals surface area (Å²) < 4.78 is 18.6. The molecule has 2 N–H and O–H groups in total. The van der Waals surface area contributed by atoms with Crippen LogP contribution in [0, 0.1) is 5.82 Å². The first-order chi connectivity index (χ1) is 9.05. The lowest BCUT2D eigenvalue weighted by atomic mass is 9.85. The fourth-order valence-corrected chi connectivity index (χ4v) is 2.13. The average molecular weight is 259 g/mol. The lowest BCUT2D eigenvalue weighted by Crippen LogP contribution is -2.34. The third kappa shape index (κ3) is 2.76. The molecule has 0 saturated heterocycles. The second-order valence-electron chi connectivity index (χ2n) is 4.64. The molecule has 0 saturated carbocycles.